The molecule has 1 N–H and O–H groups in total. The van der Waals surface area contributed by atoms with Gasteiger partial charge in [-0.05, 0) is 32.6 Å². The van der Waals surface area contributed by atoms with Gasteiger partial charge < -0.3 is 10.2 Å². The molecule has 0 aromatic heterocycles. The molecular weight excluding hydrogens is 274 g/mol. The first-order valence-corrected chi connectivity index (χ1v) is 8.46. The Morgan fingerprint density at radius 2 is 1.95 bits per heavy atom. The molecule has 1 rings (SSSR count). The molecule has 1 fully saturated rings. The molecule has 1 amide bonds. The van der Waals surface area contributed by atoms with Crippen molar-refractivity contribution in [1.29, 1.82) is 0 Å². The molecule has 22 heavy (non-hydrogen) atoms. The van der Waals surface area contributed by atoms with Gasteiger partial charge in [0.1, 0.15) is 0 Å². The average Bonchev–Trinajstić information content (AvgIpc) is 2.57. The summed E-state index contributed by atoms with van der Waals surface area (Å²) in [6.45, 7) is 18.1. The summed E-state index contributed by atoms with van der Waals surface area (Å²) in [6, 6.07) is 0.290. The van der Waals surface area contributed by atoms with Crippen molar-refractivity contribution in [3.05, 3.63) is 23.9 Å². The van der Waals surface area contributed by atoms with Gasteiger partial charge in [0, 0.05) is 38.3 Å². The van der Waals surface area contributed by atoms with Crippen LogP contribution in [0, 0.1) is 0 Å². The van der Waals surface area contributed by atoms with E-state index in [4.69, 9.17) is 0 Å². The van der Waals surface area contributed by atoms with Crippen LogP contribution in [-0.4, -0.2) is 43.2 Å². The fourth-order valence-corrected chi connectivity index (χ4v) is 2.13. The van der Waals surface area contributed by atoms with E-state index in [0.29, 0.717) is 6.42 Å². The zero-order valence-electron chi connectivity index (χ0n) is 15.4. The summed E-state index contributed by atoms with van der Waals surface area (Å²) in [5.74, 6) is 0.225. The normalized spacial score (nSPS) is 18.0. The minimum Gasteiger partial charge on any atom is -0.337 e. The van der Waals surface area contributed by atoms with Crippen molar-refractivity contribution in [3.63, 3.8) is 0 Å². The maximum atomic E-state index is 12.1. The second-order valence-electron chi connectivity index (χ2n) is 4.53. The number of nitrogens with one attached hydrogen (secondary N) is 1. The smallest absolute Gasteiger partial charge is 0.223 e. The van der Waals surface area contributed by atoms with Crippen molar-refractivity contribution in [1.82, 2.24) is 10.2 Å². The molecule has 1 aliphatic heterocycles. The van der Waals surface area contributed by atoms with Crippen molar-refractivity contribution in [2.45, 2.75) is 60.4 Å². The summed E-state index contributed by atoms with van der Waals surface area (Å²) in [7, 11) is 0. The van der Waals surface area contributed by atoms with E-state index in [1.165, 1.54) is 0 Å². The van der Waals surface area contributed by atoms with Gasteiger partial charge >= 0.3 is 0 Å². The van der Waals surface area contributed by atoms with Crippen LogP contribution in [0.25, 0.3) is 0 Å². The second-order valence-corrected chi connectivity index (χ2v) is 4.53. The third kappa shape index (κ3) is 9.50. The zero-order valence-corrected chi connectivity index (χ0v) is 15.4. The minimum absolute atomic E-state index is 0.225. The topological polar surface area (TPSA) is 44.7 Å². The minimum atomic E-state index is 0.225. The molecule has 128 valence electrons. The van der Waals surface area contributed by atoms with E-state index in [9.17, 15) is 4.79 Å². The van der Waals surface area contributed by atoms with Gasteiger partial charge in [-0.3, -0.25) is 9.79 Å². The lowest BCUT2D eigenvalue weighted by Crippen LogP contribution is -2.52. The van der Waals surface area contributed by atoms with Crippen LogP contribution in [0.3, 0.4) is 0 Å². The first-order chi connectivity index (χ1) is 10.7. The number of carbonyl (C=O) groups excluding carboxylic acids is 1. The molecule has 1 atom stereocenters. The largest absolute Gasteiger partial charge is 0.337 e. The number of hydrogen-bond acceptors (Lipinski definition) is 3. The van der Waals surface area contributed by atoms with Gasteiger partial charge in [0.25, 0.3) is 0 Å². The van der Waals surface area contributed by atoms with E-state index in [0.717, 1.165) is 31.6 Å². The molecule has 4 nitrogen and oxygen atoms in total. The molecule has 1 saturated heterocycles. The summed E-state index contributed by atoms with van der Waals surface area (Å²) in [5, 5.41) is 3.29. The average molecular weight is 309 g/mol. The predicted octanol–water partition coefficient (Wildman–Crippen LogP) is 3.80. The standard InChI is InChI=1S/C14H23N3O.2C2H6/c1-4-5-13(11-15-3)6-7-14(18)17-9-8-16-10-12(17)2;2*1-2/h4-5,11-12,16H,3,6-10H2,1-2H3;2*1-2H3/b5-4-,13-11+;;. The van der Waals surface area contributed by atoms with Crippen molar-refractivity contribution < 1.29 is 4.79 Å². The van der Waals surface area contributed by atoms with Gasteiger partial charge in [-0.2, -0.15) is 0 Å². The monoisotopic (exact) mass is 309 g/mol. The Morgan fingerprint density at radius 1 is 1.32 bits per heavy atom. The van der Waals surface area contributed by atoms with Crippen LogP contribution in [0.4, 0.5) is 0 Å². The van der Waals surface area contributed by atoms with Crippen molar-refractivity contribution in [3.8, 4) is 0 Å². The van der Waals surface area contributed by atoms with Crippen LogP contribution < -0.4 is 5.32 Å². The van der Waals surface area contributed by atoms with Gasteiger partial charge in [-0.1, -0.05) is 39.8 Å². The second kappa shape index (κ2) is 16.0. The van der Waals surface area contributed by atoms with Crippen LogP contribution in [0.15, 0.2) is 28.9 Å². The molecule has 1 heterocycles. The molecule has 0 aromatic rings. The maximum Gasteiger partial charge on any atom is 0.223 e. The van der Waals surface area contributed by atoms with Gasteiger partial charge in [-0.15, -0.1) is 0 Å². The Kier molecular flexibility index (Phi) is 16.6. The SMILES string of the molecule is C=N/C=C(\C=C/C)CCC(=O)N1CCNCC1C.CC.CC. The molecular formula is C18H35N3O. The lowest BCUT2D eigenvalue weighted by Gasteiger charge is -2.34. The summed E-state index contributed by atoms with van der Waals surface area (Å²) < 4.78 is 0. The number of nitrogens with zero attached hydrogens (tertiary/aromatic N) is 2. The first kappa shape index (κ1) is 22.9. The van der Waals surface area contributed by atoms with E-state index >= 15 is 0 Å². The quantitative estimate of drug-likeness (QED) is 0.620. The lowest BCUT2D eigenvalue weighted by molar-refractivity contribution is -0.133. The van der Waals surface area contributed by atoms with E-state index < -0.39 is 0 Å². The molecule has 0 bridgehead atoms. The molecule has 1 aliphatic rings. The lowest BCUT2D eigenvalue weighted by atomic mass is 10.1. The molecule has 0 spiro atoms. The fraction of sp³-hybridized carbons (Fsp3) is 0.667. The number of aliphatic imine (C=N–C) groups is 1. The number of piperazine rings is 1. The zero-order chi connectivity index (χ0) is 17.4. The predicted molar refractivity (Wildman–Crippen MR) is 98.4 cm³/mol. The highest BCUT2D eigenvalue weighted by atomic mass is 16.2. The summed E-state index contributed by atoms with van der Waals surface area (Å²) in [5.41, 5.74) is 1.05. The van der Waals surface area contributed by atoms with Crippen LogP contribution in [0.2, 0.25) is 0 Å². The molecule has 1 unspecified atom stereocenters. The van der Waals surface area contributed by atoms with E-state index in [2.05, 4.69) is 24.0 Å². The first-order valence-electron chi connectivity index (χ1n) is 8.46. The number of carbonyl (C=O) groups is 1. The molecule has 0 aromatic carbocycles. The Labute approximate surface area is 137 Å². The highest BCUT2D eigenvalue weighted by Gasteiger charge is 2.22. The summed E-state index contributed by atoms with van der Waals surface area (Å²) in [4.78, 5) is 17.8. The molecule has 0 radical (unpaired) electrons. The highest BCUT2D eigenvalue weighted by Crippen LogP contribution is 2.12. The molecule has 0 aliphatic carbocycles. The number of amides is 1. The Bertz CT molecular complexity index is 348. The van der Waals surface area contributed by atoms with Gasteiger partial charge in [0.2, 0.25) is 5.91 Å². The van der Waals surface area contributed by atoms with Crippen LogP contribution >= 0.6 is 0 Å². The summed E-state index contributed by atoms with van der Waals surface area (Å²) >= 11 is 0. The Balaban J connectivity index is 0. The molecule has 4 heteroatoms. The van der Waals surface area contributed by atoms with Crippen LogP contribution in [0.5, 0.6) is 0 Å². The number of rotatable bonds is 5. The van der Waals surface area contributed by atoms with Crippen molar-refractivity contribution in [2.24, 2.45) is 4.99 Å². The molecule has 0 saturated carbocycles. The van der Waals surface area contributed by atoms with Crippen molar-refractivity contribution >= 4 is 12.6 Å². The third-order valence-electron chi connectivity index (χ3n) is 3.09. The van der Waals surface area contributed by atoms with E-state index in [-0.39, 0.29) is 11.9 Å². The van der Waals surface area contributed by atoms with Gasteiger partial charge in [-0.25, -0.2) is 0 Å². The van der Waals surface area contributed by atoms with E-state index in [1.54, 1.807) is 6.20 Å². The number of hydrogen-bond donors (Lipinski definition) is 1. The highest BCUT2D eigenvalue weighted by molar-refractivity contribution is 5.77. The fourth-order valence-electron chi connectivity index (χ4n) is 2.13. The number of allylic oxidation sites excluding steroid dienone is 3. The third-order valence-corrected chi connectivity index (χ3v) is 3.09. The van der Waals surface area contributed by atoms with Gasteiger partial charge in [0.15, 0.2) is 0 Å². The van der Waals surface area contributed by atoms with Crippen LogP contribution in [0.1, 0.15) is 54.4 Å². The Morgan fingerprint density at radius 3 is 2.45 bits per heavy atom. The van der Waals surface area contributed by atoms with Gasteiger partial charge in [0.05, 0.1) is 0 Å². The van der Waals surface area contributed by atoms with E-state index in [1.807, 2.05) is 51.7 Å². The van der Waals surface area contributed by atoms with Crippen LogP contribution in [-0.2, 0) is 4.79 Å². The Hall–Kier alpha value is -1.42. The summed E-state index contributed by atoms with van der Waals surface area (Å²) in [6.07, 6.45) is 6.90. The van der Waals surface area contributed by atoms with Crippen molar-refractivity contribution in [2.75, 3.05) is 19.6 Å². The maximum absolute atomic E-state index is 12.1.